The molecular weight excluding hydrogens is 333 g/mol. The van der Waals surface area contributed by atoms with Gasteiger partial charge in [-0.3, -0.25) is 0 Å². The molecule has 142 valence electrons. The van der Waals surface area contributed by atoms with E-state index in [1.807, 2.05) is 11.6 Å². The van der Waals surface area contributed by atoms with Gasteiger partial charge in [-0.05, 0) is 37.7 Å². The summed E-state index contributed by atoms with van der Waals surface area (Å²) in [6, 6.07) is 6.21. The fourth-order valence-electron chi connectivity index (χ4n) is 3.09. The Balaban J connectivity index is 1.74. The lowest BCUT2D eigenvalue weighted by Gasteiger charge is -2.32. The van der Waals surface area contributed by atoms with Crippen LogP contribution in [-0.4, -0.2) is 75.5 Å². The summed E-state index contributed by atoms with van der Waals surface area (Å²) in [5.74, 6) is 1.18. The minimum absolute atomic E-state index is 0.273. The predicted molar refractivity (Wildman–Crippen MR) is 99.4 cm³/mol. The van der Waals surface area contributed by atoms with Crippen molar-refractivity contribution in [3.05, 3.63) is 35.9 Å². The normalized spacial score (nSPS) is 17.5. The van der Waals surface area contributed by atoms with Gasteiger partial charge in [0.2, 0.25) is 0 Å². The highest BCUT2D eigenvalue weighted by atomic mass is 19.1. The Bertz CT molecular complexity index is 694. The van der Waals surface area contributed by atoms with E-state index < -0.39 is 6.10 Å². The summed E-state index contributed by atoms with van der Waals surface area (Å²) in [5, 5.41) is 14.6. The van der Waals surface area contributed by atoms with Crippen molar-refractivity contribution in [2.45, 2.75) is 32.4 Å². The molecule has 0 spiro atoms. The second-order valence-electron chi connectivity index (χ2n) is 7.00. The molecule has 1 atom stereocenters. The maximum atomic E-state index is 13.2. The zero-order chi connectivity index (χ0) is 18.5. The van der Waals surface area contributed by atoms with Crippen LogP contribution in [-0.2, 0) is 13.0 Å². The summed E-state index contributed by atoms with van der Waals surface area (Å²) in [5.41, 5.74) is 0.789. The van der Waals surface area contributed by atoms with E-state index in [0.29, 0.717) is 18.8 Å². The zero-order valence-corrected chi connectivity index (χ0v) is 15.6. The number of likely N-dealkylation sites (N-methyl/N-ethyl adjacent to an activating group) is 1. The largest absolute Gasteiger partial charge is 0.391 e. The summed E-state index contributed by atoms with van der Waals surface area (Å²) >= 11 is 0. The van der Waals surface area contributed by atoms with Crippen molar-refractivity contribution in [3.8, 4) is 11.4 Å². The SMILES string of the molecule is CC[C@@H](O)Cn1nc(-c2ccc(F)cc2)nc1CCN1CCN(C)CC1. The average Bonchev–Trinajstić information content (AvgIpc) is 3.04. The molecule has 0 amide bonds. The highest BCUT2D eigenvalue weighted by Crippen LogP contribution is 2.17. The fraction of sp³-hybridized carbons (Fsp3) is 0.579. The predicted octanol–water partition coefficient (Wildman–Crippen LogP) is 1.65. The lowest BCUT2D eigenvalue weighted by atomic mass is 10.2. The summed E-state index contributed by atoms with van der Waals surface area (Å²) in [6.07, 6.45) is 1.01. The van der Waals surface area contributed by atoms with Crippen molar-refractivity contribution >= 4 is 0 Å². The van der Waals surface area contributed by atoms with Crippen LogP contribution >= 0.6 is 0 Å². The molecule has 0 radical (unpaired) electrons. The smallest absolute Gasteiger partial charge is 0.181 e. The van der Waals surface area contributed by atoms with Gasteiger partial charge in [0.25, 0.3) is 0 Å². The van der Waals surface area contributed by atoms with Gasteiger partial charge in [-0.1, -0.05) is 6.92 Å². The molecule has 26 heavy (non-hydrogen) atoms. The van der Waals surface area contributed by atoms with Crippen LogP contribution in [0.5, 0.6) is 0 Å². The first-order valence-electron chi connectivity index (χ1n) is 9.33. The number of aromatic nitrogens is 3. The van der Waals surface area contributed by atoms with Crippen LogP contribution in [0.25, 0.3) is 11.4 Å². The van der Waals surface area contributed by atoms with Crippen molar-refractivity contribution in [3.63, 3.8) is 0 Å². The molecule has 0 bridgehead atoms. The summed E-state index contributed by atoms with van der Waals surface area (Å²) < 4.78 is 15.0. The first kappa shape index (κ1) is 18.9. The Kier molecular flexibility index (Phi) is 6.34. The molecule has 2 heterocycles. The van der Waals surface area contributed by atoms with Crippen LogP contribution in [0.1, 0.15) is 19.2 Å². The van der Waals surface area contributed by atoms with Crippen molar-refractivity contribution in [1.82, 2.24) is 24.6 Å². The number of aliphatic hydroxyl groups excluding tert-OH is 1. The van der Waals surface area contributed by atoms with Crippen LogP contribution in [0.4, 0.5) is 4.39 Å². The third-order valence-electron chi connectivity index (χ3n) is 4.95. The summed E-state index contributed by atoms with van der Waals surface area (Å²) in [6.45, 7) is 7.61. The maximum Gasteiger partial charge on any atom is 0.181 e. The van der Waals surface area contributed by atoms with Gasteiger partial charge in [-0.25, -0.2) is 14.1 Å². The van der Waals surface area contributed by atoms with E-state index in [-0.39, 0.29) is 5.82 Å². The van der Waals surface area contributed by atoms with Gasteiger partial charge < -0.3 is 14.9 Å². The average molecular weight is 361 g/mol. The van der Waals surface area contributed by atoms with E-state index in [9.17, 15) is 9.50 Å². The third kappa shape index (κ3) is 4.87. The Morgan fingerprint density at radius 1 is 1.15 bits per heavy atom. The molecule has 1 aliphatic rings. The van der Waals surface area contributed by atoms with Crippen molar-refractivity contribution in [2.24, 2.45) is 0 Å². The number of halogens is 1. The minimum atomic E-state index is -0.444. The molecule has 7 heteroatoms. The van der Waals surface area contributed by atoms with Crippen molar-refractivity contribution in [1.29, 1.82) is 0 Å². The molecule has 0 unspecified atom stereocenters. The number of hydrogen-bond acceptors (Lipinski definition) is 5. The molecule has 1 aromatic heterocycles. The molecule has 1 N–H and O–H groups in total. The van der Waals surface area contributed by atoms with Crippen LogP contribution < -0.4 is 0 Å². The van der Waals surface area contributed by atoms with Gasteiger partial charge in [0, 0.05) is 44.7 Å². The Morgan fingerprint density at radius 2 is 1.85 bits per heavy atom. The first-order chi connectivity index (χ1) is 12.5. The van der Waals surface area contributed by atoms with E-state index in [1.54, 1.807) is 12.1 Å². The number of hydrogen-bond donors (Lipinski definition) is 1. The Morgan fingerprint density at radius 3 is 2.50 bits per heavy atom. The lowest BCUT2D eigenvalue weighted by molar-refractivity contribution is 0.140. The summed E-state index contributed by atoms with van der Waals surface area (Å²) in [4.78, 5) is 9.45. The van der Waals surface area contributed by atoms with Crippen molar-refractivity contribution < 1.29 is 9.50 Å². The minimum Gasteiger partial charge on any atom is -0.391 e. The summed E-state index contributed by atoms with van der Waals surface area (Å²) in [7, 11) is 2.15. The molecule has 3 rings (SSSR count). The van der Waals surface area contributed by atoms with Gasteiger partial charge in [-0.2, -0.15) is 5.10 Å². The molecule has 0 aliphatic carbocycles. The van der Waals surface area contributed by atoms with Crippen molar-refractivity contribution in [2.75, 3.05) is 39.8 Å². The van der Waals surface area contributed by atoms with E-state index in [0.717, 1.165) is 50.5 Å². The second-order valence-corrected chi connectivity index (χ2v) is 7.00. The Labute approximate surface area is 154 Å². The molecule has 1 saturated heterocycles. The highest BCUT2D eigenvalue weighted by Gasteiger charge is 2.17. The topological polar surface area (TPSA) is 57.4 Å². The monoisotopic (exact) mass is 361 g/mol. The van der Waals surface area contributed by atoms with Crippen LogP contribution in [0.15, 0.2) is 24.3 Å². The molecule has 0 saturated carbocycles. The molecular formula is C19H28FN5O. The second kappa shape index (κ2) is 8.70. The highest BCUT2D eigenvalue weighted by molar-refractivity contribution is 5.54. The van der Waals surface area contributed by atoms with Gasteiger partial charge in [-0.15, -0.1) is 0 Å². The number of nitrogens with zero attached hydrogens (tertiary/aromatic N) is 5. The third-order valence-corrected chi connectivity index (χ3v) is 4.95. The molecule has 6 nitrogen and oxygen atoms in total. The fourth-order valence-corrected chi connectivity index (χ4v) is 3.09. The molecule has 1 aliphatic heterocycles. The standard InChI is InChI=1S/C19H28FN5O/c1-3-17(26)14-25-18(8-9-24-12-10-23(2)11-13-24)21-19(22-25)15-4-6-16(20)7-5-15/h4-7,17,26H,3,8-14H2,1-2H3/t17-/m1/s1. The molecule has 1 aromatic carbocycles. The molecule has 1 fully saturated rings. The first-order valence-corrected chi connectivity index (χ1v) is 9.33. The number of rotatable bonds is 7. The van der Waals surface area contributed by atoms with Crippen LogP contribution in [0, 0.1) is 5.82 Å². The number of benzene rings is 1. The lowest BCUT2D eigenvalue weighted by Crippen LogP contribution is -2.45. The van der Waals surface area contributed by atoms with Crippen LogP contribution in [0.2, 0.25) is 0 Å². The van der Waals surface area contributed by atoms with Gasteiger partial charge >= 0.3 is 0 Å². The number of piperazine rings is 1. The number of aliphatic hydroxyl groups is 1. The molecule has 2 aromatic rings. The van der Waals surface area contributed by atoms with E-state index >= 15 is 0 Å². The maximum absolute atomic E-state index is 13.2. The van der Waals surface area contributed by atoms with E-state index in [1.165, 1.54) is 12.1 Å². The Hall–Kier alpha value is -1.83. The quantitative estimate of drug-likeness (QED) is 0.813. The van der Waals surface area contributed by atoms with E-state index in [2.05, 4.69) is 26.9 Å². The van der Waals surface area contributed by atoms with Gasteiger partial charge in [0.1, 0.15) is 11.6 Å². The zero-order valence-electron chi connectivity index (χ0n) is 15.6. The van der Waals surface area contributed by atoms with Gasteiger partial charge in [0.15, 0.2) is 5.82 Å². The van der Waals surface area contributed by atoms with Gasteiger partial charge in [0.05, 0.1) is 12.6 Å². The van der Waals surface area contributed by atoms with E-state index in [4.69, 9.17) is 0 Å². The van der Waals surface area contributed by atoms with Crippen LogP contribution in [0.3, 0.4) is 0 Å².